The SMILES string of the molecule is Cc1oc(C)c(S(=O)(=O)NCC(C)N2CCCC2)c1CO. The Morgan fingerprint density at radius 2 is 1.90 bits per heavy atom. The lowest BCUT2D eigenvalue weighted by molar-refractivity contribution is 0.259. The van der Waals surface area contributed by atoms with Gasteiger partial charge in [0, 0.05) is 18.2 Å². The number of nitrogens with one attached hydrogen (secondary N) is 1. The molecule has 0 aromatic carbocycles. The van der Waals surface area contributed by atoms with Crippen LogP contribution in [0.1, 0.15) is 36.8 Å². The van der Waals surface area contributed by atoms with E-state index in [4.69, 9.17) is 4.42 Å². The zero-order chi connectivity index (χ0) is 15.6. The van der Waals surface area contributed by atoms with Crippen molar-refractivity contribution in [3.63, 3.8) is 0 Å². The molecule has 2 heterocycles. The summed E-state index contributed by atoms with van der Waals surface area (Å²) in [5.74, 6) is 0.765. The maximum absolute atomic E-state index is 12.5. The second-order valence-corrected chi connectivity index (χ2v) is 7.33. The summed E-state index contributed by atoms with van der Waals surface area (Å²) in [6.45, 7) is 7.34. The van der Waals surface area contributed by atoms with Crippen molar-refractivity contribution >= 4 is 10.0 Å². The molecule has 0 amide bonds. The van der Waals surface area contributed by atoms with Crippen molar-refractivity contribution in [3.05, 3.63) is 17.1 Å². The lowest BCUT2D eigenvalue weighted by Crippen LogP contribution is -2.40. The third-order valence-electron chi connectivity index (χ3n) is 4.08. The molecule has 0 saturated carbocycles. The highest BCUT2D eigenvalue weighted by Crippen LogP contribution is 2.26. The van der Waals surface area contributed by atoms with E-state index in [0.717, 1.165) is 13.1 Å². The molecule has 0 bridgehead atoms. The van der Waals surface area contributed by atoms with Crippen molar-refractivity contribution in [3.8, 4) is 0 Å². The minimum Gasteiger partial charge on any atom is -0.465 e. The fourth-order valence-corrected chi connectivity index (χ4v) is 4.42. The van der Waals surface area contributed by atoms with E-state index < -0.39 is 10.0 Å². The van der Waals surface area contributed by atoms with Crippen molar-refractivity contribution in [2.75, 3.05) is 19.6 Å². The van der Waals surface area contributed by atoms with Crippen molar-refractivity contribution < 1.29 is 17.9 Å². The summed E-state index contributed by atoms with van der Waals surface area (Å²) in [5, 5.41) is 9.37. The van der Waals surface area contributed by atoms with Crippen LogP contribution in [-0.4, -0.2) is 44.1 Å². The van der Waals surface area contributed by atoms with Crippen LogP contribution in [0.15, 0.2) is 9.31 Å². The van der Waals surface area contributed by atoms with Crippen LogP contribution in [0.4, 0.5) is 0 Å². The summed E-state index contributed by atoms with van der Waals surface area (Å²) >= 11 is 0. The first-order valence-corrected chi connectivity index (χ1v) is 8.78. The Bertz CT molecular complexity index is 588. The Morgan fingerprint density at radius 1 is 1.29 bits per heavy atom. The number of aliphatic hydroxyl groups excluding tert-OH is 1. The summed E-state index contributed by atoms with van der Waals surface area (Å²) in [7, 11) is -3.67. The predicted octanol–water partition coefficient (Wildman–Crippen LogP) is 1.15. The maximum atomic E-state index is 12.5. The quantitative estimate of drug-likeness (QED) is 0.823. The van der Waals surface area contributed by atoms with Gasteiger partial charge in [0.2, 0.25) is 10.0 Å². The highest BCUT2D eigenvalue weighted by atomic mass is 32.2. The summed E-state index contributed by atoms with van der Waals surface area (Å²) in [4.78, 5) is 2.36. The standard InChI is InChI=1S/C14H24N2O4S/c1-10(16-6-4-5-7-16)8-15-21(18,19)14-12(3)20-11(2)13(14)9-17/h10,15,17H,4-9H2,1-3H3. The number of likely N-dealkylation sites (tertiary alicyclic amines) is 1. The van der Waals surface area contributed by atoms with Gasteiger partial charge in [-0.1, -0.05) is 0 Å². The largest absolute Gasteiger partial charge is 0.465 e. The van der Waals surface area contributed by atoms with Crippen LogP contribution >= 0.6 is 0 Å². The van der Waals surface area contributed by atoms with Gasteiger partial charge in [0.05, 0.1) is 6.61 Å². The minimum atomic E-state index is -3.67. The van der Waals surface area contributed by atoms with E-state index in [-0.39, 0.29) is 17.5 Å². The number of furan rings is 1. The fourth-order valence-electron chi connectivity index (χ4n) is 2.86. The molecule has 1 aromatic rings. The number of aliphatic hydroxyl groups is 1. The topological polar surface area (TPSA) is 82.8 Å². The first-order valence-electron chi connectivity index (χ1n) is 7.30. The van der Waals surface area contributed by atoms with Gasteiger partial charge in [0.1, 0.15) is 16.4 Å². The second-order valence-electron chi connectivity index (χ2n) is 5.62. The molecule has 1 fully saturated rings. The Balaban J connectivity index is 2.11. The monoisotopic (exact) mass is 316 g/mol. The summed E-state index contributed by atoms with van der Waals surface area (Å²) in [6, 6.07) is 0.160. The minimum absolute atomic E-state index is 0.0797. The molecule has 0 aliphatic carbocycles. The normalized spacial score (nSPS) is 18.3. The number of hydrogen-bond donors (Lipinski definition) is 2. The first kappa shape index (κ1) is 16.5. The van der Waals surface area contributed by atoms with E-state index in [1.54, 1.807) is 13.8 Å². The lowest BCUT2D eigenvalue weighted by Gasteiger charge is -2.23. The molecule has 6 nitrogen and oxygen atoms in total. The van der Waals surface area contributed by atoms with Gasteiger partial charge in [0.25, 0.3) is 0 Å². The Hall–Kier alpha value is -0.890. The molecule has 0 spiro atoms. The van der Waals surface area contributed by atoms with Crippen LogP contribution in [-0.2, 0) is 16.6 Å². The zero-order valence-corrected chi connectivity index (χ0v) is 13.7. The molecule has 21 heavy (non-hydrogen) atoms. The maximum Gasteiger partial charge on any atom is 0.244 e. The van der Waals surface area contributed by atoms with E-state index in [1.165, 1.54) is 12.8 Å². The van der Waals surface area contributed by atoms with Crippen LogP contribution in [0.25, 0.3) is 0 Å². The molecule has 1 saturated heterocycles. The lowest BCUT2D eigenvalue weighted by atomic mass is 10.2. The highest BCUT2D eigenvalue weighted by molar-refractivity contribution is 7.89. The zero-order valence-electron chi connectivity index (χ0n) is 12.8. The smallest absolute Gasteiger partial charge is 0.244 e. The molecular formula is C14H24N2O4S. The number of aryl methyl sites for hydroxylation is 2. The van der Waals surface area contributed by atoms with E-state index >= 15 is 0 Å². The molecule has 1 aliphatic rings. The Kier molecular flexibility index (Phi) is 5.08. The van der Waals surface area contributed by atoms with E-state index in [1.807, 2.05) is 6.92 Å². The molecule has 1 aliphatic heterocycles. The molecule has 1 unspecified atom stereocenters. The number of nitrogens with zero attached hydrogens (tertiary/aromatic N) is 1. The predicted molar refractivity (Wildman–Crippen MR) is 79.6 cm³/mol. The molecule has 2 rings (SSSR count). The fraction of sp³-hybridized carbons (Fsp3) is 0.714. The average Bonchev–Trinajstić information content (AvgIpc) is 3.03. The molecule has 1 atom stereocenters. The van der Waals surface area contributed by atoms with Gasteiger partial charge in [0.15, 0.2) is 0 Å². The average molecular weight is 316 g/mol. The number of sulfonamides is 1. The molecule has 1 aromatic heterocycles. The van der Waals surface area contributed by atoms with Crippen molar-refractivity contribution in [2.45, 2.75) is 51.2 Å². The second kappa shape index (κ2) is 6.48. The summed E-state index contributed by atoms with van der Waals surface area (Å²) in [6.07, 6.45) is 2.34. The molecule has 0 radical (unpaired) electrons. The number of rotatable bonds is 6. The van der Waals surface area contributed by atoms with E-state index in [0.29, 0.717) is 23.6 Å². The summed E-state index contributed by atoms with van der Waals surface area (Å²) < 4.78 is 32.9. The number of hydrogen-bond acceptors (Lipinski definition) is 5. The third kappa shape index (κ3) is 3.48. The van der Waals surface area contributed by atoms with Gasteiger partial charge in [-0.3, -0.25) is 4.90 Å². The van der Waals surface area contributed by atoms with Crippen LogP contribution < -0.4 is 4.72 Å². The molecule has 120 valence electrons. The van der Waals surface area contributed by atoms with Crippen LogP contribution in [0.2, 0.25) is 0 Å². The van der Waals surface area contributed by atoms with Crippen molar-refractivity contribution in [2.24, 2.45) is 0 Å². The van der Waals surface area contributed by atoms with E-state index in [2.05, 4.69) is 9.62 Å². The molecule has 2 N–H and O–H groups in total. The first-order chi connectivity index (χ1) is 9.86. The Morgan fingerprint density at radius 3 is 2.48 bits per heavy atom. The third-order valence-corrected chi connectivity index (χ3v) is 5.70. The van der Waals surface area contributed by atoms with Crippen LogP contribution in [0.3, 0.4) is 0 Å². The van der Waals surface area contributed by atoms with Gasteiger partial charge in [-0.15, -0.1) is 0 Å². The van der Waals surface area contributed by atoms with Crippen LogP contribution in [0, 0.1) is 13.8 Å². The van der Waals surface area contributed by atoms with Gasteiger partial charge in [-0.05, 0) is 46.7 Å². The highest BCUT2D eigenvalue weighted by Gasteiger charge is 2.27. The van der Waals surface area contributed by atoms with Gasteiger partial charge < -0.3 is 9.52 Å². The Labute approximate surface area is 126 Å². The van der Waals surface area contributed by atoms with E-state index in [9.17, 15) is 13.5 Å². The van der Waals surface area contributed by atoms with Gasteiger partial charge >= 0.3 is 0 Å². The molecular weight excluding hydrogens is 292 g/mol. The van der Waals surface area contributed by atoms with Crippen molar-refractivity contribution in [1.82, 2.24) is 9.62 Å². The summed E-state index contributed by atoms with van der Waals surface area (Å²) in [5.41, 5.74) is 0.342. The van der Waals surface area contributed by atoms with Gasteiger partial charge in [-0.25, -0.2) is 13.1 Å². The molecule has 7 heteroatoms. The van der Waals surface area contributed by atoms with Crippen LogP contribution in [0.5, 0.6) is 0 Å². The van der Waals surface area contributed by atoms with Gasteiger partial charge in [-0.2, -0.15) is 0 Å². The van der Waals surface area contributed by atoms with Crippen molar-refractivity contribution in [1.29, 1.82) is 0 Å².